The summed E-state index contributed by atoms with van der Waals surface area (Å²) in [6, 6.07) is 16.9. The topological polar surface area (TPSA) is 21.3 Å². The van der Waals surface area contributed by atoms with Gasteiger partial charge in [-0.3, -0.25) is 0 Å². The van der Waals surface area contributed by atoms with Gasteiger partial charge in [0.2, 0.25) is 0 Å². The van der Waals surface area contributed by atoms with Gasteiger partial charge in [-0.2, -0.15) is 0 Å². The van der Waals surface area contributed by atoms with Gasteiger partial charge >= 0.3 is 0 Å². The third-order valence-electron chi connectivity index (χ3n) is 4.01. The Labute approximate surface area is 127 Å². The molecule has 21 heavy (non-hydrogen) atoms. The van der Waals surface area contributed by atoms with E-state index in [9.17, 15) is 0 Å². The zero-order chi connectivity index (χ0) is 14.3. The Morgan fingerprint density at radius 2 is 1.71 bits per heavy atom. The molecular weight excluding hydrogens is 258 g/mol. The summed E-state index contributed by atoms with van der Waals surface area (Å²) in [4.78, 5) is 0. The second kappa shape index (κ2) is 7.16. The van der Waals surface area contributed by atoms with Crippen LogP contribution in [0, 0.1) is 0 Å². The lowest BCUT2D eigenvalue weighted by Crippen LogP contribution is -2.08. The highest BCUT2D eigenvalue weighted by atomic mass is 16.5. The standard InChI is InChI=1S/C19H23NO/c1-2-9-18(10-3-1)20-13-6-14-21-19-12-11-16-7-4-5-8-17(16)15-19/h1-3,9-12,15,20H,4-8,13-14H2. The predicted octanol–water partition coefficient (Wildman–Crippen LogP) is 4.45. The summed E-state index contributed by atoms with van der Waals surface area (Å²) >= 11 is 0. The number of fused-ring (bicyclic) bond motifs is 1. The fourth-order valence-electron chi connectivity index (χ4n) is 2.85. The van der Waals surface area contributed by atoms with Gasteiger partial charge in [-0.05, 0) is 67.5 Å². The van der Waals surface area contributed by atoms with Crippen molar-refractivity contribution in [1.29, 1.82) is 0 Å². The number of ether oxygens (including phenoxy) is 1. The summed E-state index contributed by atoms with van der Waals surface area (Å²) in [6.07, 6.45) is 6.10. The zero-order valence-electron chi connectivity index (χ0n) is 12.5. The molecule has 2 nitrogen and oxygen atoms in total. The van der Waals surface area contributed by atoms with E-state index in [1.165, 1.54) is 42.5 Å². The number of nitrogens with one attached hydrogen (secondary N) is 1. The lowest BCUT2D eigenvalue weighted by molar-refractivity contribution is 0.314. The fourth-order valence-corrected chi connectivity index (χ4v) is 2.85. The minimum Gasteiger partial charge on any atom is -0.494 e. The van der Waals surface area contributed by atoms with Crippen molar-refractivity contribution in [3.63, 3.8) is 0 Å². The number of benzene rings is 2. The Kier molecular flexibility index (Phi) is 4.78. The molecule has 1 N–H and O–H groups in total. The van der Waals surface area contributed by atoms with Crippen molar-refractivity contribution in [2.75, 3.05) is 18.5 Å². The van der Waals surface area contributed by atoms with Crippen LogP contribution in [0.5, 0.6) is 5.75 Å². The van der Waals surface area contributed by atoms with Crippen molar-refractivity contribution in [1.82, 2.24) is 0 Å². The highest BCUT2D eigenvalue weighted by Gasteiger charge is 2.09. The van der Waals surface area contributed by atoms with E-state index in [0.29, 0.717) is 0 Å². The molecule has 0 amide bonds. The summed E-state index contributed by atoms with van der Waals surface area (Å²) in [5, 5.41) is 3.40. The average molecular weight is 281 g/mol. The first-order valence-electron chi connectivity index (χ1n) is 7.95. The van der Waals surface area contributed by atoms with Crippen LogP contribution in [0.25, 0.3) is 0 Å². The van der Waals surface area contributed by atoms with E-state index in [1.54, 1.807) is 0 Å². The van der Waals surface area contributed by atoms with Gasteiger partial charge in [0.05, 0.1) is 6.61 Å². The molecule has 0 saturated heterocycles. The number of hydrogen-bond acceptors (Lipinski definition) is 2. The van der Waals surface area contributed by atoms with E-state index in [4.69, 9.17) is 4.74 Å². The third kappa shape index (κ3) is 4.01. The second-order valence-electron chi connectivity index (χ2n) is 5.63. The second-order valence-corrected chi connectivity index (χ2v) is 5.63. The largest absolute Gasteiger partial charge is 0.494 e. The maximum atomic E-state index is 5.87. The van der Waals surface area contributed by atoms with Gasteiger partial charge < -0.3 is 10.1 Å². The van der Waals surface area contributed by atoms with Gasteiger partial charge in [0.15, 0.2) is 0 Å². The van der Waals surface area contributed by atoms with E-state index < -0.39 is 0 Å². The Morgan fingerprint density at radius 3 is 2.57 bits per heavy atom. The highest BCUT2D eigenvalue weighted by Crippen LogP contribution is 2.25. The molecule has 2 aromatic carbocycles. The quantitative estimate of drug-likeness (QED) is 0.790. The highest BCUT2D eigenvalue weighted by molar-refractivity contribution is 5.42. The van der Waals surface area contributed by atoms with E-state index >= 15 is 0 Å². The summed E-state index contributed by atoms with van der Waals surface area (Å²) in [5.74, 6) is 1.02. The van der Waals surface area contributed by atoms with Crippen LogP contribution in [0.1, 0.15) is 30.4 Å². The fraction of sp³-hybridized carbons (Fsp3) is 0.368. The number of anilines is 1. The van der Waals surface area contributed by atoms with Gasteiger partial charge in [-0.15, -0.1) is 0 Å². The van der Waals surface area contributed by atoms with E-state index in [2.05, 4.69) is 35.6 Å². The monoisotopic (exact) mass is 281 g/mol. The van der Waals surface area contributed by atoms with Crippen LogP contribution in [0.2, 0.25) is 0 Å². The molecule has 0 aromatic heterocycles. The molecule has 0 bridgehead atoms. The lowest BCUT2D eigenvalue weighted by atomic mass is 9.92. The Balaban J connectivity index is 1.41. The number of rotatable bonds is 6. The van der Waals surface area contributed by atoms with Crippen LogP contribution in [0.3, 0.4) is 0 Å². The van der Waals surface area contributed by atoms with Gasteiger partial charge in [-0.25, -0.2) is 0 Å². The van der Waals surface area contributed by atoms with E-state index in [0.717, 1.165) is 25.3 Å². The predicted molar refractivity (Wildman–Crippen MR) is 88.1 cm³/mol. The number of para-hydroxylation sites is 1. The zero-order valence-corrected chi connectivity index (χ0v) is 12.5. The van der Waals surface area contributed by atoms with E-state index in [1.807, 2.05) is 18.2 Å². The molecule has 2 aromatic rings. The Morgan fingerprint density at radius 1 is 0.905 bits per heavy atom. The molecule has 1 aliphatic rings. The SMILES string of the molecule is c1ccc(NCCCOc2ccc3c(c2)CCCC3)cc1. The van der Waals surface area contributed by atoms with Gasteiger partial charge in [0, 0.05) is 12.2 Å². The molecule has 0 fully saturated rings. The van der Waals surface area contributed by atoms with Crippen LogP contribution in [0.15, 0.2) is 48.5 Å². The minimum atomic E-state index is 0.763. The molecule has 0 atom stereocenters. The summed E-state index contributed by atoms with van der Waals surface area (Å²) in [6.45, 7) is 1.70. The van der Waals surface area contributed by atoms with Gasteiger partial charge in [0.1, 0.15) is 5.75 Å². The Hall–Kier alpha value is -1.96. The van der Waals surface area contributed by atoms with Gasteiger partial charge in [0.25, 0.3) is 0 Å². The molecule has 2 heteroatoms. The molecule has 110 valence electrons. The van der Waals surface area contributed by atoms with E-state index in [-0.39, 0.29) is 0 Å². The normalized spacial score (nSPS) is 13.5. The Bertz CT molecular complexity index is 565. The smallest absolute Gasteiger partial charge is 0.119 e. The van der Waals surface area contributed by atoms with Crippen molar-refractivity contribution in [3.05, 3.63) is 59.7 Å². The van der Waals surface area contributed by atoms with Crippen LogP contribution >= 0.6 is 0 Å². The maximum Gasteiger partial charge on any atom is 0.119 e. The van der Waals surface area contributed by atoms with Crippen molar-refractivity contribution < 1.29 is 4.74 Å². The van der Waals surface area contributed by atoms with Crippen LogP contribution in [0.4, 0.5) is 5.69 Å². The molecule has 1 aliphatic carbocycles. The van der Waals surface area contributed by atoms with Crippen molar-refractivity contribution >= 4 is 5.69 Å². The van der Waals surface area contributed by atoms with Crippen molar-refractivity contribution in [2.45, 2.75) is 32.1 Å². The molecule has 3 rings (SSSR count). The average Bonchev–Trinajstić information content (AvgIpc) is 2.55. The third-order valence-corrected chi connectivity index (χ3v) is 4.01. The molecule has 0 spiro atoms. The van der Waals surface area contributed by atoms with Crippen LogP contribution < -0.4 is 10.1 Å². The molecule has 0 aliphatic heterocycles. The summed E-state index contributed by atoms with van der Waals surface area (Å²) in [5.41, 5.74) is 4.17. The minimum absolute atomic E-state index is 0.763. The molecule has 0 radical (unpaired) electrons. The number of hydrogen-bond donors (Lipinski definition) is 1. The lowest BCUT2D eigenvalue weighted by Gasteiger charge is -2.16. The van der Waals surface area contributed by atoms with Crippen molar-refractivity contribution in [2.24, 2.45) is 0 Å². The molecule has 0 heterocycles. The molecule has 0 unspecified atom stereocenters. The molecule has 0 saturated carbocycles. The van der Waals surface area contributed by atoms with Crippen molar-refractivity contribution in [3.8, 4) is 5.75 Å². The first-order valence-corrected chi connectivity index (χ1v) is 7.95. The van der Waals surface area contributed by atoms with Gasteiger partial charge in [-0.1, -0.05) is 24.3 Å². The van der Waals surface area contributed by atoms with Crippen LogP contribution in [-0.2, 0) is 12.8 Å². The summed E-state index contributed by atoms with van der Waals surface area (Å²) < 4.78 is 5.87. The summed E-state index contributed by atoms with van der Waals surface area (Å²) in [7, 11) is 0. The first-order chi connectivity index (χ1) is 10.4. The maximum absolute atomic E-state index is 5.87. The molecular formula is C19H23NO. The first kappa shape index (κ1) is 14.0. The number of aryl methyl sites for hydroxylation is 2. The van der Waals surface area contributed by atoms with Crippen LogP contribution in [-0.4, -0.2) is 13.2 Å².